The van der Waals surface area contributed by atoms with E-state index in [0.29, 0.717) is 22.9 Å². The molecule has 1 aromatic carbocycles. The highest BCUT2D eigenvalue weighted by atomic mass is 32.1. The molecule has 2 aromatic heterocycles. The van der Waals surface area contributed by atoms with Gasteiger partial charge in [-0.25, -0.2) is 9.37 Å². The van der Waals surface area contributed by atoms with E-state index in [1.807, 2.05) is 13.8 Å². The zero-order valence-electron chi connectivity index (χ0n) is 17.3. The van der Waals surface area contributed by atoms with Crippen molar-refractivity contribution in [3.05, 3.63) is 42.0 Å². The van der Waals surface area contributed by atoms with Crippen LogP contribution in [-0.2, 0) is 4.74 Å². The number of hydrogen-bond acceptors (Lipinski definition) is 6. The molecule has 0 N–H and O–H groups in total. The Balaban J connectivity index is 1.59. The molecule has 7 nitrogen and oxygen atoms in total. The number of carbonyl (C=O) groups is 1. The number of halogens is 1. The lowest BCUT2D eigenvalue weighted by Gasteiger charge is -2.28. The Morgan fingerprint density at radius 2 is 2.10 bits per heavy atom. The van der Waals surface area contributed by atoms with Crippen LogP contribution in [-0.4, -0.2) is 65.0 Å². The lowest BCUT2D eigenvalue weighted by Crippen LogP contribution is -2.39. The minimum absolute atomic E-state index is 0.0682. The molecule has 9 heteroatoms. The van der Waals surface area contributed by atoms with E-state index in [-0.39, 0.29) is 17.8 Å². The van der Waals surface area contributed by atoms with E-state index in [0.717, 1.165) is 44.0 Å². The Morgan fingerprint density at radius 1 is 1.30 bits per heavy atom. The van der Waals surface area contributed by atoms with Gasteiger partial charge in [-0.2, -0.15) is 5.10 Å². The lowest BCUT2D eigenvalue weighted by atomic mass is 10.3. The van der Waals surface area contributed by atoms with Crippen molar-refractivity contribution >= 4 is 32.6 Å². The largest absolute Gasteiger partial charge is 0.379 e. The molecule has 1 amide bonds. The van der Waals surface area contributed by atoms with E-state index in [4.69, 9.17) is 4.74 Å². The number of rotatable bonds is 7. The van der Waals surface area contributed by atoms with Crippen LogP contribution in [0.1, 0.15) is 36.8 Å². The number of ether oxygens (including phenoxy) is 1. The highest BCUT2D eigenvalue weighted by Crippen LogP contribution is 2.30. The molecule has 0 saturated carbocycles. The number of thiazole rings is 1. The van der Waals surface area contributed by atoms with E-state index in [1.165, 1.54) is 23.5 Å². The fraction of sp³-hybridized carbons (Fsp3) is 0.476. The van der Waals surface area contributed by atoms with Gasteiger partial charge in [-0.15, -0.1) is 0 Å². The van der Waals surface area contributed by atoms with Crippen LogP contribution in [0.5, 0.6) is 0 Å². The zero-order chi connectivity index (χ0) is 21.1. The van der Waals surface area contributed by atoms with Crippen LogP contribution in [0.15, 0.2) is 30.5 Å². The van der Waals surface area contributed by atoms with Crippen molar-refractivity contribution in [2.75, 3.05) is 44.3 Å². The third kappa shape index (κ3) is 4.53. The van der Waals surface area contributed by atoms with Gasteiger partial charge in [0.05, 0.1) is 23.4 Å². The molecule has 0 atom stereocenters. The summed E-state index contributed by atoms with van der Waals surface area (Å²) in [5, 5.41) is 4.88. The topological polar surface area (TPSA) is 63.5 Å². The maximum atomic E-state index is 13.7. The molecule has 1 aliphatic heterocycles. The molecule has 3 heterocycles. The number of hydrogen-bond donors (Lipinski definition) is 0. The van der Waals surface area contributed by atoms with Crippen LogP contribution in [0.25, 0.3) is 10.2 Å². The van der Waals surface area contributed by atoms with E-state index in [2.05, 4.69) is 15.0 Å². The second-order valence-electron chi connectivity index (χ2n) is 7.63. The predicted octanol–water partition coefficient (Wildman–Crippen LogP) is 3.58. The smallest absolute Gasteiger partial charge is 0.278 e. The Kier molecular flexibility index (Phi) is 6.40. The average molecular weight is 432 g/mol. The average Bonchev–Trinajstić information content (AvgIpc) is 3.38. The number of morpholine rings is 1. The first kappa shape index (κ1) is 20.9. The summed E-state index contributed by atoms with van der Waals surface area (Å²) in [6.45, 7) is 8.72. The van der Waals surface area contributed by atoms with Gasteiger partial charge in [-0.05, 0) is 44.5 Å². The molecule has 0 bridgehead atoms. The van der Waals surface area contributed by atoms with Crippen LogP contribution < -0.4 is 4.90 Å². The van der Waals surface area contributed by atoms with Gasteiger partial charge >= 0.3 is 0 Å². The molecule has 4 rings (SSSR count). The van der Waals surface area contributed by atoms with Crippen LogP contribution >= 0.6 is 11.3 Å². The van der Waals surface area contributed by atoms with Crippen molar-refractivity contribution in [3.8, 4) is 0 Å². The van der Waals surface area contributed by atoms with Gasteiger partial charge in [0.15, 0.2) is 5.13 Å². The fourth-order valence-electron chi connectivity index (χ4n) is 3.60. The molecular formula is C21H26FN5O2S. The molecule has 1 saturated heterocycles. The highest BCUT2D eigenvalue weighted by Gasteiger charge is 2.25. The first-order chi connectivity index (χ1) is 14.5. The summed E-state index contributed by atoms with van der Waals surface area (Å²) in [5.41, 5.74) is 1.22. The van der Waals surface area contributed by atoms with Crippen molar-refractivity contribution in [3.63, 3.8) is 0 Å². The zero-order valence-corrected chi connectivity index (χ0v) is 18.1. The van der Waals surface area contributed by atoms with E-state index in [1.54, 1.807) is 27.9 Å². The molecular weight excluding hydrogens is 405 g/mol. The molecule has 0 aliphatic carbocycles. The van der Waals surface area contributed by atoms with Crippen LogP contribution in [0.2, 0.25) is 0 Å². The monoisotopic (exact) mass is 431 g/mol. The summed E-state index contributed by atoms with van der Waals surface area (Å²) in [6, 6.07) is 6.32. The number of fused-ring (bicyclic) bond motifs is 1. The van der Waals surface area contributed by atoms with Crippen molar-refractivity contribution in [2.24, 2.45) is 0 Å². The molecule has 1 fully saturated rings. The Labute approximate surface area is 179 Å². The van der Waals surface area contributed by atoms with Gasteiger partial charge in [-0.3, -0.25) is 19.3 Å². The molecule has 0 radical (unpaired) electrons. The first-order valence-electron chi connectivity index (χ1n) is 10.2. The summed E-state index contributed by atoms with van der Waals surface area (Å²) in [4.78, 5) is 22.2. The summed E-state index contributed by atoms with van der Waals surface area (Å²) in [7, 11) is 0. The maximum absolute atomic E-state index is 13.7. The van der Waals surface area contributed by atoms with Crippen LogP contribution in [0.4, 0.5) is 9.52 Å². The number of amides is 1. The highest BCUT2D eigenvalue weighted by molar-refractivity contribution is 7.22. The second kappa shape index (κ2) is 9.20. The second-order valence-corrected chi connectivity index (χ2v) is 8.64. The quantitative estimate of drug-likeness (QED) is 0.572. The Bertz CT molecular complexity index is 1010. The van der Waals surface area contributed by atoms with Crippen LogP contribution in [0, 0.1) is 5.82 Å². The lowest BCUT2D eigenvalue weighted by molar-refractivity contribution is 0.0376. The fourth-order valence-corrected chi connectivity index (χ4v) is 4.61. The number of carbonyl (C=O) groups excluding carboxylic acids is 1. The van der Waals surface area contributed by atoms with Gasteiger partial charge in [0.2, 0.25) is 0 Å². The van der Waals surface area contributed by atoms with Crippen molar-refractivity contribution < 1.29 is 13.9 Å². The predicted molar refractivity (Wildman–Crippen MR) is 116 cm³/mol. The summed E-state index contributed by atoms with van der Waals surface area (Å²) in [5.74, 6) is -0.441. The Morgan fingerprint density at radius 3 is 2.87 bits per heavy atom. The number of aromatic nitrogens is 3. The van der Waals surface area contributed by atoms with Crippen LogP contribution in [0.3, 0.4) is 0 Å². The maximum Gasteiger partial charge on any atom is 0.278 e. The summed E-state index contributed by atoms with van der Waals surface area (Å²) < 4.78 is 21.5. The van der Waals surface area contributed by atoms with Gasteiger partial charge in [0.25, 0.3) is 5.91 Å². The number of anilines is 1. The standard InChI is InChI=1S/C21H26FN5O2S/c1-15(2)27-18(6-7-23-27)20(28)26(9-3-8-25-10-12-29-13-11-25)21-24-17-5-4-16(22)14-19(17)30-21/h4-7,14-15H,3,8-13H2,1-2H3. The first-order valence-corrected chi connectivity index (χ1v) is 11.1. The number of benzene rings is 1. The van der Waals surface area contributed by atoms with Gasteiger partial charge < -0.3 is 4.74 Å². The third-order valence-corrected chi connectivity index (χ3v) is 6.19. The van der Waals surface area contributed by atoms with Gasteiger partial charge in [0, 0.05) is 38.4 Å². The molecule has 3 aromatic rings. The SMILES string of the molecule is CC(C)n1nccc1C(=O)N(CCCN1CCOCC1)c1nc2ccc(F)cc2s1. The molecule has 1 aliphatic rings. The number of nitrogens with zero attached hydrogens (tertiary/aromatic N) is 5. The van der Waals surface area contributed by atoms with E-state index >= 15 is 0 Å². The molecule has 160 valence electrons. The van der Waals surface area contributed by atoms with Crippen molar-refractivity contribution in [1.82, 2.24) is 19.7 Å². The van der Waals surface area contributed by atoms with Gasteiger partial charge in [0.1, 0.15) is 11.5 Å². The third-order valence-electron chi connectivity index (χ3n) is 5.15. The minimum Gasteiger partial charge on any atom is -0.379 e. The van der Waals surface area contributed by atoms with Crippen molar-refractivity contribution in [2.45, 2.75) is 26.3 Å². The summed E-state index contributed by atoms with van der Waals surface area (Å²) in [6.07, 6.45) is 2.46. The molecule has 0 spiro atoms. The van der Waals surface area contributed by atoms with Gasteiger partial charge in [-0.1, -0.05) is 11.3 Å². The normalized spacial score (nSPS) is 15.2. The minimum atomic E-state index is -0.305. The summed E-state index contributed by atoms with van der Waals surface area (Å²) >= 11 is 1.34. The molecule has 0 unspecified atom stereocenters. The Hall–Kier alpha value is -2.36. The van der Waals surface area contributed by atoms with Crippen molar-refractivity contribution in [1.29, 1.82) is 0 Å². The van der Waals surface area contributed by atoms with E-state index < -0.39 is 0 Å². The van der Waals surface area contributed by atoms with E-state index in [9.17, 15) is 9.18 Å². The molecule has 30 heavy (non-hydrogen) atoms.